The average molecular weight is 260 g/mol. The van der Waals surface area contributed by atoms with Crippen LogP contribution in [0.15, 0.2) is 18.2 Å². The first kappa shape index (κ1) is 13.1. The van der Waals surface area contributed by atoms with Crippen molar-refractivity contribution < 1.29 is 22.4 Å². The second-order valence-corrected chi connectivity index (χ2v) is 4.51. The van der Waals surface area contributed by atoms with Gasteiger partial charge < -0.3 is 0 Å². The van der Waals surface area contributed by atoms with E-state index in [0.29, 0.717) is 12.8 Å². The van der Waals surface area contributed by atoms with Crippen LogP contribution in [0.4, 0.5) is 17.6 Å². The quantitative estimate of drug-likeness (QED) is 0.574. The van der Waals surface area contributed by atoms with Crippen molar-refractivity contribution in [3.05, 3.63) is 35.1 Å². The number of hydrogen-bond donors (Lipinski definition) is 0. The second kappa shape index (κ2) is 4.71. The fraction of sp³-hybridized carbons (Fsp3) is 0.462. The molecule has 0 spiro atoms. The van der Waals surface area contributed by atoms with Crippen molar-refractivity contribution in [2.24, 2.45) is 5.92 Å². The Morgan fingerprint density at radius 1 is 1.17 bits per heavy atom. The van der Waals surface area contributed by atoms with Gasteiger partial charge in [-0.1, -0.05) is 25.0 Å². The molecule has 1 saturated carbocycles. The standard InChI is InChI=1S/C13H12F4O/c14-10-7-3-6-9(11(10)13(15,16)17)12(18)8-4-1-2-5-8/h3,6-8H,1-2,4-5H2. The summed E-state index contributed by atoms with van der Waals surface area (Å²) < 4.78 is 51.6. The van der Waals surface area contributed by atoms with E-state index in [0.717, 1.165) is 31.0 Å². The Morgan fingerprint density at radius 2 is 1.78 bits per heavy atom. The van der Waals surface area contributed by atoms with Crippen LogP contribution >= 0.6 is 0 Å². The van der Waals surface area contributed by atoms with Crippen molar-refractivity contribution in [1.29, 1.82) is 0 Å². The number of halogens is 4. The van der Waals surface area contributed by atoms with Gasteiger partial charge in [0.05, 0.1) is 0 Å². The van der Waals surface area contributed by atoms with E-state index in [2.05, 4.69) is 0 Å². The molecular weight excluding hydrogens is 248 g/mol. The van der Waals surface area contributed by atoms with Gasteiger partial charge in [-0.15, -0.1) is 0 Å². The summed E-state index contributed by atoms with van der Waals surface area (Å²) in [6.07, 6.45) is -1.98. The molecule has 0 radical (unpaired) electrons. The number of benzene rings is 1. The summed E-state index contributed by atoms with van der Waals surface area (Å²) in [4.78, 5) is 12.0. The Labute approximate surface area is 102 Å². The van der Waals surface area contributed by atoms with Crippen molar-refractivity contribution >= 4 is 5.78 Å². The average Bonchev–Trinajstić information content (AvgIpc) is 2.79. The first-order valence-corrected chi connectivity index (χ1v) is 5.81. The molecule has 0 atom stereocenters. The largest absolute Gasteiger partial charge is 0.419 e. The van der Waals surface area contributed by atoms with Crippen LogP contribution in [0, 0.1) is 11.7 Å². The number of carbonyl (C=O) groups excluding carboxylic acids is 1. The van der Waals surface area contributed by atoms with Crippen molar-refractivity contribution in [2.45, 2.75) is 31.9 Å². The maximum absolute atomic E-state index is 13.3. The molecule has 98 valence electrons. The van der Waals surface area contributed by atoms with Gasteiger partial charge in [0.15, 0.2) is 5.78 Å². The van der Waals surface area contributed by atoms with E-state index in [1.807, 2.05) is 0 Å². The molecular formula is C13H12F4O. The summed E-state index contributed by atoms with van der Waals surface area (Å²) in [6, 6.07) is 2.94. The third-order valence-electron chi connectivity index (χ3n) is 3.29. The molecule has 0 amide bonds. The minimum Gasteiger partial charge on any atom is -0.294 e. The zero-order valence-electron chi connectivity index (χ0n) is 9.56. The molecule has 0 N–H and O–H groups in total. The maximum Gasteiger partial charge on any atom is 0.419 e. The summed E-state index contributed by atoms with van der Waals surface area (Å²) in [7, 11) is 0. The van der Waals surface area contributed by atoms with Gasteiger partial charge in [0.25, 0.3) is 0 Å². The molecule has 1 fully saturated rings. The summed E-state index contributed by atoms with van der Waals surface area (Å²) in [5.74, 6) is -2.36. The lowest BCUT2D eigenvalue weighted by molar-refractivity contribution is -0.140. The highest BCUT2D eigenvalue weighted by Crippen LogP contribution is 2.37. The fourth-order valence-corrected chi connectivity index (χ4v) is 2.43. The number of rotatable bonds is 2. The second-order valence-electron chi connectivity index (χ2n) is 4.51. The van der Waals surface area contributed by atoms with E-state index >= 15 is 0 Å². The normalized spacial score (nSPS) is 17.1. The fourth-order valence-electron chi connectivity index (χ4n) is 2.43. The van der Waals surface area contributed by atoms with Crippen molar-refractivity contribution in [2.75, 3.05) is 0 Å². The molecule has 1 aliphatic rings. The Bertz CT molecular complexity index is 459. The molecule has 0 saturated heterocycles. The SMILES string of the molecule is O=C(c1cccc(F)c1C(F)(F)F)C1CCCC1. The van der Waals surface area contributed by atoms with Crippen LogP contribution in [-0.4, -0.2) is 5.78 Å². The van der Waals surface area contributed by atoms with Crippen molar-refractivity contribution in [1.82, 2.24) is 0 Å². The van der Waals surface area contributed by atoms with Crippen LogP contribution in [0.2, 0.25) is 0 Å². The lowest BCUT2D eigenvalue weighted by atomic mass is 9.92. The Morgan fingerprint density at radius 3 is 2.33 bits per heavy atom. The molecule has 0 unspecified atom stereocenters. The van der Waals surface area contributed by atoms with Gasteiger partial charge in [-0.3, -0.25) is 4.79 Å². The Kier molecular flexibility index (Phi) is 3.41. The van der Waals surface area contributed by atoms with E-state index in [-0.39, 0.29) is 0 Å². The molecule has 0 heterocycles. The highest BCUT2D eigenvalue weighted by Gasteiger charge is 2.39. The molecule has 1 nitrogen and oxygen atoms in total. The summed E-state index contributed by atoms with van der Waals surface area (Å²) in [6.45, 7) is 0. The predicted octanol–water partition coefficient (Wildman–Crippen LogP) is 4.22. The number of carbonyl (C=O) groups is 1. The van der Waals surface area contributed by atoms with Gasteiger partial charge in [-0.2, -0.15) is 13.2 Å². The first-order chi connectivity index (χ1) is 8.41. The summed E-state index contributed by atoms with van der Waals surface area (Å²) in [5.41, 5.74) is -1.96. The molecule has 0 aromatic heterocycles. The van der Waals surface area contributed by atoms with Gasteiger partial charge in [0, 0.05) is 11.5 Å². The predicted molar refractivity (Wildman–Crippen MR) is 57.7 cm³/mol. The van der Waals surface area contributed by atoms with E-state index in [9.17, 15) is 22.4 Å². The molecule has 5 heteroatoms. The molecule has 2 rings (SSSR count). The van der Waals surface area contributed by atoms with Crippen LogP contribution in [-0.2, 0) is 6.18 Å². The first-order valence-electron chi connectivity index (χ1n) is 5.81. The lowest BCUT2D eigenvalue weighted by Crippen LogP contribution is -2.19. The van der Waals surface area contributed by atoms with Crippen LogP contribution in [0.1, 0.15) is 41.6 Å². The number of Topliss-reactive ketones (excluding diaryl/α,β-unsaturated/α-hetero) is 1. The van der Waals surface area contributed by atoms with Crippen LogP contribution in [0.3, 0.4) is 0 Å². The lowest BCUT2D eigenvalue weighted by Gasteiger charge is -2.15. The van der Waals surface area contributed by atoms with E-state index in [1.54, 1.807) is 0 Å². The minimum atomic E-state index is -4.84. The zero-order valence-corrected chi connectivity index (χ0v) is 9.56. The molecule has 1 aromatic rings. The van der Waals surface area contributed by atoms with Gasteiger partial charge in [0.1, 0.15) is 11.4 Å². The van der Waals surface area contributed by atoms with Gasteiger partial charge in [0.2, 0.25) is 0 Å². The van der Waals surface area contributed by atoms with E-state index in [4.69, 9.17) is 0 Å². The van der Waals surface area contributed by atoms with Crippen LogP contribution < -0.4 is 0 Å². The third-order valence-corrected chi connectivity index (χ3v) is 3.29. The van der Waals surface area contributed by atoms with Gasteiger partial charge in [-0.05, 0) is 18.9 Å². The molecule has 1 aliphatic carbocycles. The molecule has 1 aromatic carbocycles. The molecule has 0 aliphatic heterocycles. The van der Waals surface area contributed by atoms with Crippen molar-refractivity contribution in [3.8, 4) is 0 Å². The Hall–Kier alpha value is -1.39. The number of alkyl halides is 3. The Balaban J connectivity index is 2.44. The number of hydrogen-bond acceptors (Lipinski definition) is 1. The maximum atomic E-state index is 13.3. The highest BCUT2D eigenvalue weighted by atomic mass is 19.4. The van der Waals surface area contributed by atoms with Crippen LogP contribution in [0.5, 0.6) is 0 Å². The van der Waals surface area contributed by atoms with Gasteiger partial charge >= 0.3 is 6.18 Å². The summed E-state index contributed by atoms with van der Waals surface area (Å²) >= 11 is 0. The van der Waals surface area contributed by atoms with Crippen LogP contribution in [0.25, 0.3) is 0 Å². The third kappa shape index (κ3) is 2.40. The van der Waals surface area contributed by atoms with Crippen molar-refractivity contribution in [3.63, 3.8) is 0 Å². The highest BCUT2D eigenvalue weighted by molar-refractivity contribution is 5.99. The van der Waals surface area contributed by atoms with Gasteiger partial charge in [-0.25, -0.2) is 4.39 Å². The molecule has 18 heavy (non-hydrogen) atoms. The summed E-state index contributed by atoms with van der Waals surface area (Å²) in [5, 5.41) is 0. The minimum absolute atomic E-state index is 0.395. The molecule has 0 bridgehead atoms. The zero-order chi connectivity index (χ0) is 13.3. The number of ketones is 1. The van der Waals surface area contributed by atoms with E-state index in [1.165, 1.54) is 0 Å². The monoisotopic (exact) mass is 260 g/mol. The smallest absolute Gasteiger partial charge is 0.294 e. The topological polar surface area (TPSA) is 17.1 Å². The van der Waals surface area contributed by atoms with E-state index < -0.39 is 34.8 Å².